The molecule has 0 aromatic heterocycles. The van der Waals surface area contributed by atoms with E-state index in [1.807, 2.05) is 0 Å². The molecule has 0 saturated carbocycles. The van der Waals surface area contributed by atoms with Gasteiger partial charge >= 0.3 is 5.97 Å². The van der Waals surface area contributed by atoms with Crippen LogP contribution >= 0.6 is 11.6 Å². The molecule has 100 valence electrons. The van der Waals surface area contributed by atoms with Crippen LogP contribution in [-0.4, -0.2) is 24.3 Å². The lowest BCUT2D eigenvalue weighted by Crippen LogP contribution is -2.15. The molecule has 3 nitrogen and oxygen atoms in total. The van der Waals surface area contributed by atoms with Crippen LogP contribution in [0.2, 0.25) is 5.02 Å². The van der Waals surface area contributed by atoms with Crippen LogP contribution in [0.4, 0.5) is 0 Å². The number of hydrogen-bond acceptors (Lipinski definition) is 2. The molecule has 1 N–H and O–H groups in total. The lowest BCUT2D eigenvalue weighted by Gasteiger charge is -2.14. The van der Waals surface area contributed by atoms with Crippen LogP contribution in [0, 0.1) is 0 Å². The van der Waals surface area contributed by atoms with Gasteiger partial charge in [-0.05, 0) is 24.5 Å². The number of aliphatic carboxylic acids is 1. The van der Waals surface area contributed by atoms with Crippen LogP contribution in [-0.2, 0) is 9.53 Å². The van der Waals surface area contributed by atoms with Crippen molar-refractivity contribution in [3.63, 3.8) is 0 Å². The molecule has 0 heterocycles. The summed E-state index contributed by atoms with van der Waals surface area (Å²) < 4.78 is 5.41. The van der Waals surface area contributed by atoms with E-state index in [9.17, 15) is 9.90 Å². The highest BCUT2D eigenvalue weighted by atomic mass is 35.5. The van der Waals surface area contributed by atoms with Crippen LogP contribution in [0.25, 0.3) is 0 Å². The van der Waals surface area contributed by atoms with Gasteiger partial charge in [0.15, 0.2) is 0 Å². The number of ether oxygens (including phenoxy) is 1. The Kier molecular flexibility index (Phi) is 6.76. The normalized spacial score (nSPS) is 12.3. The van der Waals surface area contributed by atoms with Gasteiger partial charge in [0.2, 0.25) is 0 Å². The summed E-state index contributed by atoms with van der Waals surface area (Å²) in [4.78, 5) is 11.3. The number of hydrogen-bond donors (Lipinski definition) is 1. The molecule has 4 heteroatoms. The highest BCUT2D eigenvalue weighted by Crippen LogP contribution is 2.27. The van der Waals surface area contributed by atoms with E-state index >= 15 is 0 Å². The van der Waals surface area contributed by atoms with Crippen molar-refractivity contribution < 1.29 is 14.6 Å². The third kappa shape index (κ3) is 4.67. The van der Waals surface area contributed by atoms with Crippen LogP contribution in [0.5, 0.6) is 0 Å². The lowest BCUT2D eigenvalue weighted by atomic mass is 9.96. The summed E-state index contributed by atoms with van der Waals surface area (Å²) in [6.45, 7) is 3.22. The molecular formula is C14H19ClO3. The van der Waals surface area contributed by atoms with Gasteiger partial charge in [0.25, 0.3) is 0 Å². The maximum atomic E-state index is 11.3. The number of halogens is 1. The highest BCUT2D eigenvalue weighted by Gasteiger charge is 2.21. The maximum absolute atomic E-state index is 11.3. The Hall–Kier alpha value is -1.06. The molecule has 0 amide bonds. The Morgan fingerprint density at radius 1 is 1.39 bits per heavy atom. The first kappa shape index (κ1) is 15.0. The molecule has 18 heavy (non-hydrogen) atoms. The second-order valence-electron chi connectivity index (χ2n) is 4.17. The summed E-state index contributed by atoms with van der Waals surface area (Å²) in [6, 6.07) is 7.06. The SMILES string of the molecule is CCCCOCCC(C(=O)O)c1ccccc1Cl. The van der Waals surface area contributed by atoms with Crippen molar-refractivity contribution in [2.24, 2.45) is 0 Å². The van der Waals surface area contributed by atoms with Crippen molar-refractivity contribution in [2.75, 3.05) is 13.2 Å². The van der Waals surface area contributed by atoms with Crippen LogP contribution in [0.15, 0.2) is 24.3 Å². The predicted octanol–water partition coefficient (Wildman–Crippen LogP) is 3.72. The van der Waals surface area contributed by atoms with E-state index in [-0.39, 0.29) is 0 Å². The molecule has 0 saturated heterocycles. The summed E-state index contributed by atoms with van der Waals surface area (Å²) in [5.74, 6) is -1.46. The van der Waals surface area contributed by atoms with Crippen molar-refractivity contribution >= 4 is 17.6 Å². The highest BCUT2D eigenvalue weighted by molar-refractivity contribution is 6.31. The molecule has 1 unspecified atom stereocenters. The summed E-state index contributed by atoms with van der Waals surface area (Å²) in [7, 11) is 0. The predicted molar refractivity (Wildman–Crippen MR) is 72.2 cm³/mol. The number of carbonyl (C=O) groups is 1. The van der Waals surface area contributed by atoms with Crippen molar-refractivity contribution in [1.82, 2.24) is 0 Å². The minimum atomic E-state index is -0.859. The van der Waals surface area contributed by atoms with Crippen LogP contribution in [0.1, 0.15) is 37.7 Å². The standard InChI is InChI=1S/C14H19ClO3/c1-2-3-9-18-10-8-12(14(16)17)11-6-4-5-7-13(11)15/h4-7,12H,2-3,8-10H2,1H3,(H,16,17). The Bertz CT molecular complexity index is 379. The van der Waals surface area contributed by atoms with E-state index < -0.39 is 11.9 Å². The van der Waals surface area contributed by atoms with Crippen molar-refractivity contribution in [3.8, 4) is 0 Å². The van der Waals surface area contributed by atoms with Gasteiger partial charge in [0.1, 0.15) is 0 Å². The molecule has 1 aromatic carbocycles. The van der Waals surface area contributed by atoms with E-state index in [1.165, 1.54) is 0 Å². The number of carboxylic acids is 1. The molecule has 1 rings (SSSR count). The molecule has 0 spiro atoms. The zero-order valence-electron chi connectivity index (χ0n) is 10.6. The summed E-state index contributed by atoms with van der Waals surface area (Å²) in [6.07, 6.45) is 2.53. The van der Waals surface area contributed by atoms with Gasteiger partial charge in [-0.3, -0.25) is 4.79 Å². The molecule has 0 radical (unpaired) electrons. The fourth-order valence-electron chi connectivity index (χ4n) is 1.72. The topological polar surface area (TPSA) is 46.5 Å². The average Bonchev–Trinajstić information content (AvgIpc) is 2.35. The molecule has 0 aliphatic heterocycles. The van der Waals surface area contributed by atoms with Crippen molar-refractivity contribution in [1.29, 1.82) is 0 Å². The van der Waals surface area contributed by atoms with Crippen LogP contribution < -0.4 is 0 Å². The third-order valence-electron chi connectivity index (χ3n) is 2.77. The van der Waals surface area contributed by atoms with E-state index in [2.05, 4.69) is 6.92 Å². The number of carboxylic acid groups (broad SMARTS) is 1. The molecule has 0 bridgehead atoms. The van der Waals surface area contributed by atoms with Crippen molar-refractivity contribution in [3.05, 3.63) is 34.9 Å². The second-order valence-corrected chi connectivity index (χ2v) is 4.57. The Labute approximate surface area is 113 Å². The molecule has 1 atom stereocenters. The van der Waals surface area contributed by atoms with Crippen molar-refractivity contribution in [2.45, 2.75) is 32.1 Å². The van der Waals surface area contributed by atoms with E-state index in [4.69, 9.17) is 16.3 Å². The minimum absolute atomic E-state index is 0.447. The minimum Gasteiger partial charge on any atom is -0.481 e. The van der Waals surface area contributed by atoms with Gasteiger partial charge in [0.05, 0.1) is 5.92 Å². The largest absolute Gasteiger partial charge is 0.481 e. The Balaban J connectivity index is 2.56. The molecular weight excluding hydrogens is 252 g/mol. The average molecular weight is 271 g/mol. The smallest absolute Gasteiger partial charge is 0.311 e. The summed E-state index contributed by atoms with van der Waals surface area (Å²) in [5.41, 5.74) is 0.658. The van der Waals surface area contributed by atoms with Crippen LogP contribution in [0.3, 0.4) is 0 Å². The third-order valence-corrected chi connectivity index (χ3v) is 3.12. The summed E-state index contributed by atoms with van der Waals surface area (Å²) >= 11 is 6.02. The number of benzene rings is 1. The fraction of sp³-hybridized carbons (Fsp3) is 0.500. The van der Waals surface area contributed by atoms with E-state index in [0.29, 0.717) is 30.2 Å². The lowest BCUT2D eigenvalue weighted by molar-refractivity contribution is -0.139. The van der Waals surface area contributed by atoms with E-state index in [1.54, 1.807) is 24.3 Å². The zero-order valence-corrected chi connectivity index (χ0v) is 11.3. The summed E-state index contributed by atoms with van der Waals surface area (Å²) in [5, 5.41) is 9.74. The van der Waals surface area contributed by atoms with Gasteiger partial charge in [0, 0.05) is 18.2 Å². The Morgan fingerprint density at radius 3 is 2.72 bits per heavy atom. The van der Waals surface area contributed by atoms with Gasteiger partial charge in [-0.25, -0.2) is 0 Å². The first-order valence-electron chi connectivity index (χ1n) is 6.21. The molecule has 1 aromatic rings. The second kappa shape index (κ2) is 8.11. The van der Waals surface area contributed by atoms with E-state index in [0.717, 1.165) is 12.8 Å². The first-order chi connectivity index (χ1) is 8.66. The number of unbranched alkanes of at least 4 members (excludes halogenated alkanes) is 1. The van der Waals surface area contributed by atoms with Gasteiger partial charge in [-0.2, -0.15) is 0 Å². The quantitative estimate of drug-likeness (QED) is 0.733. The van der Waals surface area contributed by atoms with Gasteiger partial charge in [-0.1, -0.05) is 43.1 Å². The Morgan fingerprint density at radius 2 is 2.11 bits per heavy atom. The van der Waals surface area contributed by atoms with Gasteiger partial charge in [-0.15, -0.1) is 0 Å². The molecule has 0 aliphatic rings. The van der Waals surface area contributed by atoms with Gasteiger partial charge < -0.3 is 9.84 Å². The monoisotopic (exact) mass is 270 g/mol. The molecule has 0 aliphatic carbocycles. The fourth-order valence-corrected chi connectivity index (χ4v) is 1.99. The molecule has 0 fully saturated rings. The zero-order chi connectivity index (χ0) is 13.4. The number of rotatable bonds is 8. The first-order valence-corrected chi connectivity index (χ1v) is 6.59. The maximum Gasteiger partial charge on any atom is 0.311 e.